The summed E-state index contributed by atoms with van der Waals surface area (Å²) in [6.07, 6.45) is -0.334. The van der Waals surface area contributed by atoms with Crippen molar-refractivity contribution in [3.63, 3.8) is 0 Å². The standard InChI is InChI=1S/C14H20N2O4/c1-4-19-14(20-5-2)10-15-11(3)12-6-8-13(9-7-12)16(17)18/h6-9,14-15H,3-5,10H2,1-2H3. The first kappa shape index (κ1) is 16.1. The Morgan fingerprint density at radius 2 is 1.85 bits per heavy atom. The lowest BCUT2D eigenvalue weighted by Gasteiger charge is -2.19. The Hall–Kier alpha value is -1.92. The molecule has 0 saturated heterocycles. The Kier molecular flexibility index (Phi) is 6.69. The third kappa shape index (κ3) is 4.99. The summed E-state index contributed by atoms with van der Waals surface area (Å²) in [5.74, 6) is 0. The molecule has 0 atom stereocenters. The van der Waals surface area contributed by atoms with Crippen LogP contribution in [0.1, 0.15) is 19.4 Å². The van der Waals surface area contributed by atoms with Crippen molar-refractivity contribution in [2.75, 3.05) is 19.8 Å². The molecule has 0 aliphatic carbocycles. The molecule has 0 saturated carbocycles. The molecule has 1 aromatic carbocycles. The fourth-order valence-electron chi connectivity index (χ4n) is 1.63. The summed E-state index contributed by atoms with van der Waals surface area (Å²) in [4.78, 5) is 10.1. The lowest BCUT2D eigenvalue weighted by atomic mass is 10.1. The first-order valence-electron chi connectivity index (χ1n) is 6.49. The maximum atomic E-state index is 10.6. The highest BCUT2D eigenvalue weighted by Crippen LogP contribution is 2.16. The van der Waals surface area contributed by atoms with E-state index in [9.17, 15) is 10.1 Å². The third-order valence-electron chi connectivity index (χ3n) is 2.61. The summed E-state index contributed by atoms with van der Waals surface area (Å²) in [5.41, 5.74) is 1.52. The molecular weight excluding hydrogens is 260 g/mol. The van der Waals surface area contributed by atoms with Gasteiger partial charge in [-0.3, -0.25) is 10.1 Å². The molecule has 0 aromatic heterocycles. The Morgan fingerprint density at radius 3 is 2.30 bits per heavy atom. The molecule has 0 bridgehead atoms. The maximum absolute atomic E-state index is 10.6. The van der Waals surface area contributed by atoms with Gasteiger partial charge in [-0.05, 0) is 31.5 Å². The highest BCUT2D eigenvalue weighted by atomic mass is 16.7. The van der Waals surface area contributed by atoms with Crippen molar-refractivity contribution in [3.8, 4) is 0 Å². The lowest BCUT2D eigenvalue weighted by molar-refractivity contribution is -0.384. The van der Waals surface area contributed by atoms with E-state index in [0.717, 1.165) is 5.56 Å². The van der Waals surface area contributed by atoms with E-state index in [2.05, 4.69) is 11.9 Å². The quantitative estimate of drug-likeness (QED) is 0.427. The average Bonchev–Trinajstić information content (AvgIpc) is 2.45. The predicted octanol–water partition coefficient (Wildman–Crippen LogP) is 2.55. The summed E-state index contributed by atoms with van der Waals surface area (Å²) in [7, 11) is 0. The molecule has 0 radical (unpaired) electrons. The normalized spacial score (nSPS) is 10.6. The van der Waals surface area contributed by atoms with Gasteiger partial charge in [0.1, 0.15) is 0 Å². The van der Waals surface area contributed by atoms with Crippen molar-refractivity contribution in [2.45, 2.75) is 20.1 Å². The summed E-state index contributed by atoms with van der Waals surface area (Å²) >= 11 is 0. The van der Waals surface area contributed by atoms with Crippen LogP contribution < -0.4 is 5.32 Å². The van der Waals surface area contributed by atoms with Gasteiger partial charge in [-0.2, -0.15) is 0 Å². The summed E-state index contributed by atoms with van der Waals surface area (Å²) in [6, 6.07) is 6.21. The lowest BCUT2D eigenvalue weighted by Crippen LogP contribution is -2.30. The first-order chi connectivity index (χ1) is 9.58. The Labute approximate surface area is 118 Å². The second-order valence-electron chi connectivity index (χ2n) is 4.00. The SMILES string of the molecule is C=C(NCC(OCC)OCC)c1ccc([N+](=O)[O-])cc1. The van der Waals surface area contributed by atoms with Gasteiger partial charge in [0.05, 0.1) is 11.5 Å². The van der Waals surface area contributed by atoms with Crippen LogP contribution in [-0.2, 0) is 9.47 Å². The van der Waals surface area contributed by atoms with Gasteiger partial charge in [0, 0.05) is 31.0 Å². The number of ether oxygens (including phenoxy) is 2. The highest BCUT2D eigenvalue weighted by molar-refractivity contribution is 5.62. The van der Waals surface area contributed by atoms with Crippen molar-refractivity contribution >= 4 is 11.4 Å². The second kappa shape index (κ2) is 8.29. The monoisotopic (exact) mass is 280 g/mol. The minimum atomic E-state index is -0.430. The van der Waals surface area contributed by atoms with Crippen LogP contribution in [-0.4, -0.2) is 31.0 Å². The van der Waals surface area contributed by atoms with E-state index in [1.165, 1.54) is 12.1 Å². The molecule has 0 spiro atoms. The van der Waals surface area contributed by atoms with Crippen molar-refractivity contribution in [2.24, 2.45) is 0 Å². The van der Waals surface area contributed by atoms with E-state index < -0.39 is 4.92 Å². The number of benzene rings is 1. The number of nitro groups is 1. The fraction of sp³-hybridized carbons (Fsp3) is 0.429. The fourth-order valence-corrected chi connectivity index (χ4v) is 1.63. The van der Waals surface area contributed by atoms with Gasteiger partial charge < -0.3 is 14.8 Å². The number of hydrogen-bond acceptors (Lipinski definition) is 5. The zero-order valence-corrected chi connectivity index (χ0v) is 11.8. The van der Waals surface area contributed by atoms with Crippen molar-refractivity contribution < 1.29 is 14.4 Å². The number of non-ortho nitro benzene ring substituents is 1. The molecule has 20 heavy (non-hydrogen) atoms. The summed E-state index contributed by atoms with van der Waals surface area (Å²) in [6.45, 7) is 9.30. The molecule has 0 aliphatic heterocycles. The number of nitrogens with one attached hydrogen (secondary N) is 1. The molecule has 1 N–H and O–H groups in total. The van der Waals surface area contributed by atoms with Crippen LogP contribution in [0.25, 0.3) is 5.70 Å². The van der Waals surface area contributed by atoms with Crippen molar-refractivity contribution in [1.82, 2.24) is 5.32 Å². The van der Waals surface area contributed by atoms with Gasteiger partial charge in [0.25, 0.3) is 5.69 Å². The van der Waals surface area contributed by atoms with Crippen LogP contribution >= 0.6 is 0 Å². The van der Waals surface area contributed by atoms with E-state index in [-0.39, 0.29) is 12.0 Å². The van der Waals surface area contributed by atoms with E-state index in [1.54, 1.807) is 12.1 Å². The van der Waals surface area contributed by atoms with Crippen LogP contribution in [0.15, 0.2) is 30.8 Å². The number of hydrogen-bond donors (Lipinski definition) is 1. The molecule has 110 valence electrons. The van der Waals surface area contributed by atoms with Gasteiger partial charge in [0.2, 0.25) is 0 Å². The molecule has 0 fully saturated rings. The van der Waals surface area contributed by atoms with Crippen LogP contribution in [0.2, 0.25) is 0 Å². The molecule has 0 unspecified atom stereocenters. The van der Waals surface area contributed by atoms with Gasteiger partial charge in [-0.1, -0.05) is 6.58 Å². The molecule has 6 nitrogen and oxygen atoms in total. The Bertz CT molecular complexity index is 439. The van der Waals surface area contributed by atoms with Crippen LogP contribution in [0.5, 0.6) is 0 Å². The van der Waals surface area contributed by atoms with E-state index in [1.807, 2.05) is 13.8 Å². The first-order valence-corrected chi connectivity index (χ1v) is 6.49. The zero-order valence-electron chi connectivity index (χ0n) is 11.8. The average molecular weight is 280 g/mol. The summed E-state index contributed by atoms with van der Waals surface area (Å²) < 4.78 is 10.8. The molecule has 1 aromatic rings. The van der Waals surface area contributed by atoms with Crippen molar-refractivity contribution in [1.29, 1.82) is 0 Å². The van der Waals surface area contributed by atoms with Gasteiger partial charge >= 0.3 is 0 Å². The predicted molar refractivity (Wildman–Crippen MR) is 77.2 cm³/mol. The van der Waals surface area contributed by atoms with Crippen molar-refractivity contribution in [3.05, 3.63) is 46.5 Å². The van der Waals surface area contributed by atoms with Gasteiger partial charge in [0.15, 0.2) is 6.29 Å². The zero-order chi connectivity index (χ0) is 15.0. The molecule has 0 heterocycles. The highest BCUT2D eigenvalue weighted by Gasteiger charge is 2.09. The summed E-state index contributed by atoms with van der Waals surface area (Å²) in [5, 5.41) is 13.7. The van der Waals surface area contributed by atoms with E-state index in [4.69, 9.17) is 9.47 Å². The van der Waals surface area contributed by atoms with Crippen LogP contribution in [0.4, 0.5) is 5.69 Å². The second-order valence-corrected chi connectivity index (χ2v) is 4.00. The molecule has 0 amide bonds. The molecular formula is C14H20N2O4. The van der Waals surface area contributed by atoms with Crippen LogP contribution in [0.3, 0.4) is 0 Å². The number of nitrogens with zero attached hydrogens (tertiary/aromatic N) is 1. The largest absolute Gasteiger partial charge is 0.380 e. The molecule has 1 rings (SSSR count). The van der Waals surface area contributed by atoms with Crippen LogP contribution in [0, 0.1) is 10.1 Å². The maximum Gasteiger partial charge on any atom is 0.269 e. The number of nitro benzene ring substituents is 1. The topological polar surface area (TPSA) is 73.6 Å². The number of rotatable bonds is 9. The smallest absolute Gasteiger partial charge is 0.269 e. The van der Waals surface area contributed by atoms with E-state index in [0.29, 0.717) is 25.5 Å². The minimum absolute atomic E-state index is 0.0584. The molecule has 0 aliphatic rings. The van der Waals surface area contributed by atoms with Gasteiger partial charge in [-0.15, -0.1) is 0 Å². The minimum Gasteiger partial charge on any atom is -0.380 e. The molecule has 6 heteroatoms. The third-order valence-corrected chi connectivity index (χ3v) is 2.61. The van der Waals surface area contributed by atoms with E-state index >= 15 is 0 Å². The Balaban J connectivity index is 2.55. The van der Waals surface area contributed by atoms with Gasteiger partial charge in [-0.25, -0.2) is 0 Å². The Morgan fingerprint density at radius 1 is 1.30 bits per heavy atom.